The summed E-state index contributed by atoms with van der Waals surface area (Å²) in [6, 6.07) is 8.64. The van der Waals surface area contributed by atoms with E-state index >= 15 is 0 Å². The third-order valence-electron chi connectivity index (χ3n) is 3.76. The first-order valence-electron chi connectivity index (χ1n) is 8.02. The van der Waals surface area contributed by atoms with E-state index in [1.807, 2.05) is 0 Å². The van der Waals surface area contributed by atoms with Crippen molar-refractivity contribution >= 4 is 15.9 Å². The highest BCUT2D eigenvalue weighted by atomic mass is 32.2. The van der Waals surface area contributed by atoms with Crippen molar-refractivity contribution in [3.05, 3.63) is 65.2 Å². The largest absolute Gasteiger partial charge is 0.383 e. The highest BCUT2D eigenvalue weighted by Crippen LogP contribution is 2.16. The predicted molar refractivity (Wildman–Crippen MR) is 95.7 cm³/mol. The van der Waals surface area contributed by atoms with Crippen LogP contribution in [0.5, 0.6) is 0 Å². The minimum absolute atomic E-state index is 0.0641. The predicted octanol–water partition coefficient (Wildman–Crippen LogP) is 2.16. The maximum atomic E-state index is 13.8. The molecule has 0 unspecified atom stereocenters. The molecule has 0 aliphatic heterocycles. The van der Waals surface area contributed by atoms with Crippen molar-refractivity contribution in [1.82, 2.24) is 9.62 Å². The van der Waals surface area contributed by atoms with Gasteiger partial charge in [0.05, 0.1) is 11.5 Å². The lowest BCUT2D eigenvalue weighted by molar-refractivity contribution is 0.0783. The van der Waals surface area contributed by atoms with E-state index in [0.29, 0.717) is 0 Å². The number of carbonyl (C=O) groups excluding carboxylic acids is 1. The van der Waals surface area contributed by atoms with Gasteiger partial charge >= 0.3 is 0 Å². The molecule has 0 saturated heterocycles. The van der Waals surface area contributed by atoms with Crippen molar-refractivity contribution in [1.29, 1.82) is 0 Å². The summed E-state index contributed by atoms with van der Waals surface area (Å²) in [7, 11) is -0.888. The fourth-order valence-electron chi connectivity index (χ4n) is 2.36. The summed E-state index contributed by atoms with van der Waals surface area (Å²) in [6.45, 7) is 0.221. The van der Waals surface area contributed by atoms with Gasteiger partial charge in [-0.2, -0.15) is 0 Å². The molecule has 0 aromatic heterocycles. The van der Waals surface area contributed by atoms with Crippen LogP contribution in [0.2, 0.25) is 0 Å². The van der Waals surface area contributed by atoms with Gasteiger partial charge in [0.2, 0.25) is 10.0 Å². The normalized spacial score (nSPS) is 11.4. The first kappa shape index (κ1) is 20.9. The van der Waals surface area contributed by atoms with Gasteiger partial charge in [-0.1, -0.05) is 12.1 Å². The molecule has 0 radical (unpaired) electrons. The lowest BCUT2D eigenvalue weighted by atomic mass is 10.1. The number of sulfonamides is 1. The van der Waals surface area contributed by atoms with Gasteiger partial charge in [-0.3, -0.25) is 4.79 Å². The summed E-state index contributed by atoms with van der Waals surface area (Å²) in [6.07, 6.45) is 0. The van der Waals surface area contributed by atoms with E-state index in [1.54, 1.807) is 0 Å². The number of ether oxygens (including phenoxy) is 1. The SMILES string of the molecule is COCCNS(=O)(=O)c1cccc(C(=O)N(C)Cc2ccc(F)cc2F)c1. The monoisotopic (exact) mass is 398 g/mol. The van der Waals surface area contributed by atoms with E-state index in [1.165, 1.54) is 49.4 Å². The molecule has 0 fully saturated rings. The second-order valence-corrected chi connectivity index (χ2v) is 7.58. The highest BCUT2D eigenvalue weighted by molar-refractivity contribution is 7.89. The summed E-state index contributed by atoms with van der Waals surface area (Å²) in [5.41, 5.74) is 0.284. The van der Waals surface area contributed by atoms with Gasteiger partial charge in [-0.15, -0.1) is 0 Å². The Labute approximate surface area is 156 Å². The lowest BCUT2D eigenvalue weighted by Gasteiger charge is -2.18. The van der Waals surface area contributed by atoms with Crippen molar-refractivity contribution < 1.29 is 26.7 Å². The molecule has 1 amide bonds. The molecule has 0 saturated carbocycles. The van der Waals surface area contributed by atoms with E-state index < -0.39 is 27.6 Å². The Morgan fingerprint density at radius 1 is 1.19 bits per heavy atom. The molecule has 0 spiro atoms. The Morgan fingerprint density at radius 2 is 1.93 bits per heavy atom. The van der Waals surface area contributed by atoms with Gasteiger partial charge in [0.1, 0.15) is 11.6 Å². The zero-order valence-electron chi connectivity index (χ0n) is 14.9. The second kappa shape index (κ2) is 9.03. The fourth-order valence-corrected chi connectivity index (χ4v) is 3.41. The number of benzene rings is 2. The minimum Gasteiger partial charge on any atom is -0.383 e. The Bertz CT molecular complexity index is 919. The van der Waals surface area contributed by atoms with Gasteiger partial charge in [0.25, 0.3) is 5.91 Å². The summed E-state index contributed by atoms with van der Waals surface area (Å²) in [4.78, 5) is 13.7. The average molecular weight is 398 g/mol. The Balaban J connectivity index is 2.16. The molecule has 0 atom stereocenters. The number of hydrogen-bond donors (Lipinski definition) is 1. The van der Waals surface area contributed by atoms with Crippen molar-refractivity contribution in [3.63, 3.8) is 0 Å². The summed E-state index contributed by atoms with van der Waals surface area (Å²) in [5.74, 6) is -1.95. The standard InChI is InChI=1S/C18H20F2N2O4S/c1-22(12-14-6-7-15(19)11-17(14)20)18(23)13-4-3-5-16(10-13)27(24,25)21-8-9-26-2/h3-7,10-11,21H,8-9,12H2,1-2H3. The quantitative estimate of drug-likeness (QED) is 0.692. The molecule has 2 aromatic carbocycles. The van der Waals surface area contributed by atoms with Crippen LogP contribution >= 0.6 is 0 Å². The molecule has 2 aromatic rings. The molecule has 9 heteroatoms. The van der Waals surface area contributed by atoms with Crippen LogP contribution in [0, 0.1) is 11.6 Å². The first-order chi connectivity index (χ1) is 12.7. The maximum absolute atomic E-state index is 13.8. The summed E-state index contributed by atoms with van der Waals surface area (Å²) in [5, 5.41) is 0. The van der Waals surface area contributed by atoms with Gasteiger partial charge in [-0.25, -0.2) is 21.9 Å². The second-order valence-electron chi connectivity index (χ2n) is 5.82. The van der Waals surface area contributed by atoms with Crippen LogP contribution in [0.1, 0.15) is 15.9 Å². The van der Waals surface area contributed by atoms with Crippen LogP contribution in [0.25, 0.3) is 0 Å². The van der Waals surface area contributed by atoms with Crippen molar-refractivity contribution in [3.8, 4) is 0 Å². The lowest BCUT2D eigenvalue weighted by Crippen LogP contribution is -2.29. The third-order valence-corrected chi connectivity index (χ3v) is 5.22. The van der Waals surface area contributed by atoms with Gasteiger partial charge in [0.15, 0.2) is 0 Å². The summed E-state index contributed by atoms with van der Waals surface area (Å²) >= 11 is 0. The van der Waals surface area contributed by atoms with E-state index in [-0.39, 0.29) is 35.7 Å². The Kier molecular flexibility index (Phi) is 7.00. The molecule has 0 aliphatic carbocycles. The number of halogens is 2. The van der Waals surface area contributed by atoms with Crippen molar-refractivity contribution in [2.75, 3.05) is 27.3 Å². The van der Waals surface area contributed by atoms with Crippen LogP contribution in [0.3, 0.4) is 0 Å². The van der Waals surface area contributed by atoms with Crippen LogP contribution < -0.4 is 4.72 Å². The van der Waals surface area contributed by atoms with Crippen LogP contribution in [0.4, 0.5) is 8.78 Å². The van der Waals surface area contributed by atoms with Crippen molar-refractivity contribution in [2.45, 2.75) is 11.4 Å². The Morgan fingerprint density at radius 3 is 2.59 bits per heavy atom. The zero-order valence-corrected chi connectivity index (χ0v) is 15.7. The highest BCUT2D eigenvalue weighted by Gasteiger charge is 2.18. The molecule has 2 rings (SSSR count). The van der Waals surface area contributed by atoms with Gasteiger partial charge in [-0.05, 0) is 24.3 Å². The zero-order chi connectivity index (χ0) is 20.0. The maximum Gasteiger partial charge on any atom is 0.253 e. The molecule has 6 nitrogen and oxygen atoms in total. The van der Waals surface area contributed by atoms with E-state index in [4.69, 9.17) is 4.74 Å². The minimum atomic E-state index is -3.79. The van der Waals surface area contributed by atoms with Crippen LogP contribution in [-0.2, 0) is 21.3 Å². The third kappa shape index (κ3) is 5.56. The van der Waals surface area contributed by atoms with Crippen LogP contribution in [0.15, 0.2) is 47.4 Å². The van der Waals surface area contributed by atoms with E-state index in [2.05, 4.69) is 4.72 Å². The molecule has 146 valence electrons. The van der Waals surface area contributed by atoms with Gasteiger partial charge in [0, 0.05) is 44.4 Å². The van der Waals surface area contributed by atoms with E-state index in [0.717, 1.165) is 12.1 Å². The number of amides is 1. The number of methoxy groups -OCH3 is 1. The van der Waals surface area contributed by atoms with Crippen molar-refractivity contribution in [2.24, 2.45) is 0 Å². The number of rotatable bonds is 8. The number of carbonyl (C=O) groups is 1. The number of hydrogen-bond acceptors (Lipinski definition) is 4. The topological polar surface area (TPSA) is 75.7 Å². The molecule has 0 heterocycles. The Hall–Kier alpha value is -2.36. The molecule has 1 N–H and O–H groups in total. The van der Waals surface area contributed by atoms with Crippen LogP contribution in [-0.4, -0.2) is 46.5 Å². The fraction of sp³-hybridized carbons (Fsp3) is 0.278. The molecule has 0 bridgehead atoms. The summed E-state index contributed by atoms with van der Waals surface area (Å²) < 4.78 is 58.4. The smallest absolute Gasteiger partial charge is 0.253 e. The number of nitrogens with zero attached hydrogens (tertiary/aromatic N) is 1. The number of nitrogens with one attached hydrogen (secondary N) is 1. The van der Waals surface area contributed by atoms with Gasteiger partial charge < -0.3 is 9.64 Å². The molecular weight excluding hydrogens is 378 g/mol. The average Bonchev–Trinajstić information content (AvgIpc) is 2.63. The van der Waals surface area contributed by atoms with E-state index in [9.17, 15) is 22.0 Å². The molecular formula is C18H20F2N2O4S. The molecule has 0 aliphatic rings. The molecule has 27 heavy (non-hydrogen) atoms. The first-order valence-corrected chi connectivity index (χ1v) is 9.51.